The molecule has 0 bridgehead atoms. The zero-order valence-corrected chi connectivity index (χ0v) is 8.38. The van der Waals surface area contributed by atoms with Crippen LogP contribution >= 0.6 is 11.6 Å². The molecule has 0 spiro atoms. The van der Waals surface area contributed by atoms with E-state index in [9.17, 15) is 4.79 Å². The highest BCUT2D eigenvalue weighted by Gasteiger charge is 1.98. The third-order valence-corrected chi connectivity index (χ3v) is 1.81. The molecule has 0 aromatic heterocycles. The molecule has 0 aliphatic carbocycles. The van der Waals surface area contributed by atoms with Crippen molar-refractivity contribution in [1.29, 1.82) is 0 Å². The fourth-order valence-electron chi connectivity index (χ4n) is 0.917. The Morgan fingerprint density at radius 1 is 1.57 bits per heavy atom. The maximum atomic E-state index is 10.4. The Balaban J connectivity index is 2.83. The van der Waals surface area contributed by atoms with Gasteiger partial charge < -0.3 is 5.73 Å². The first-order chi connectivity index (χ1) is 6.59. The van der Waals surface area contributed by atoms with Crippen molar-refractivity contribution in [3.63, 3.8) is 0 Å². The number of carbonyl (C=O) groups excluding carboxylic acids is 1. The van der Waals surface area contributed by atoms with Gasteiger partial charge in [-0.25, -0.2) is 10.2 Å². The molecule has 1 aromatic rings. The number of urea groups is 1. The van der Waals surface area contributed by atoms with Crippen LogP contribution in [0.25, 0.3) is 0 Å². The first-order valence-corrected chi connectivity index (χ1v) is 4.33. The molecule has 0 aliphatic heterocycles. The molecule has 1 rings (SSSR count). The van der Waals surface area contributed by atoms with Crippen LogP contribution in [0.1, 0.15) is 12.5 Å². The van der Waals surface area contributed by atoms with Gasteiger partial charge in [0.15, 0.2) is 0 Å². The number of nitrogens with zero attached hydrogens (tertiary/aromatic N) is 1. The summed E-state index contributed by atoms with van der Waals surface area (Å²) in [7, 11) is 0. The van der Waals surface area contributed by atoms with Gasteiger partial charge in [0.1, 0.15) is 0 Å². The Hall–Kier alpha value is -1.55. The highest BCUT2D eigenvalue weighted by atomic mass is 35.5. The SMILES string of the molecule is CC(=NNC(N)=O)c1cccc(Cl)c1. The molecule has 5 heteroatoms. The second-order valence-corrected chi connectivity index (χ2v) is 3.12. The molecule has 0 atom stereocenters. The molecule has 4 nitrogen and oxygen atoms in total. The molecule has 74 valence electrons. The third-order valence-electron chi connectivity index (χ3n) is 1.58. The van der Waals surface area contributed by atoms with Gasteiger partial charge in [-0.15, -0.1) is 0 Å². The van der Waals surface area contributed by atoms with E-state index >= 15 is 0 Å². The summed E-state index contributed by atoms with van der Waals surface area (Å²) in [6.07, 6.45) is 0. The van der Waals surface area contributed by atoms with E-state index in [0.717, 1.165) is 5.56 Å². The minimum atomic E-state index is -0.689. The lowest BCUT2D eigenvalue weighted by molar-refractivity contribution is 0.249. The summed E-state index contributed by atoms with van der Waals surface area (Å²) in [6.45, 7) is 1.75. The molecular weight excluding hydrogens is 202 g/mol. The first-order valence-electron chi connectivity index (χ1n) is 3.95. The van der Waals surface area contributed by atoms with Crippen LogP contribution < -0.4 is 11.2 Å². The van der Waals surface area contributed by atoms with Gasteiger partial charge in [0.25, 0.3) is 0 Å². The maximum absolute atomic E-state index is 10.4. The van der Waals surface area contributed by atoms with Crippen molar-refractivity contribution < 1.29 is 4.79 Å². The number of rotatable bonds is 2. The van der Waals surface area contributed by atoms with Crippen molar-refractivity contribution in [2.75, 3.05) is 0 Å². The molecule has 2 amide bonds. The van der Waals surface area contributed by atoms with Crippen molar-refractivity contribution >= 4 is 23.3 Å². The summed E-state index contributed by atoms with van der Waals surface area (Å²) in [6, 6.07) is 6.48. The zero-order valence-electron chi connectivity index (χ0n) is 7.62. The first kappa shape index (κ1) is 10.5. The van der Waals surface area contributed by atoms with Crippen molar-refractivity contribution in [3.05, 3.63) is 34.9 Å². The van der Waals surface area contributed by atoms with Gasteiger partial charge >= 0.3 is 6.03 Å². The Bertz CT molecular complexity index is 376. The Kier molecular flexibility index (Phi) is 3.48. The lowest BCUT2D eigenvalue weighted by atomic mass is 10.1. The van der Waals surface area contributed by atoms with Gasteiger partial charge in [-0.3, -0.25) is 0 Å². The topological polar surface area (TPSA) is 67.5 Å². The van der Waals surface area contributed by atoms with E-state index in [1.807, 2.05) is 6.07 Å². The number of hydrogen-bond acceptors (Lipinski definition) is 2. The molecular formula is C9H10ClN3O. The Labute approximate surface area is 86.7 Å². The van der Waals surface area contributed by atoms with Crippen LogP contribution in [-0.4, -0.2) is 11.7 Å². The van der Waals surface area contributed by atoms with Crippen LogP contribution in [-0.2, 0) is 0 Å². The molecule has 1 aromatic carbocycles. The van der Waals surface area contributed by atoms with Crippen LogP contribution in [0.3, 0.4) is 0 Å². The number of hydrogen-bond donors (Lipinski definition) is 2. The number of primary amides is 1. The minimum absolute atomic E-state index is 0.621. The van der Waals surface area contributed by atoms with Gasteiger partial charge in [0.05, 0.1) is 5.71 Å². The number of nitrogens with two attached hydrogens (primary N) is 1. The fourth-order valence-corrected chi connectivity index (χ4v) is 1.11. The van der Waals surface area contributed by atoms with E-state index in [0.29, 0.717) is 10.7 Å². The lowest BCUT2D eigenvalue weighted by Crippen LogP contribution is -2.25. The van der Waals surface area contributed by atoms with Crippen LogP contribution in [0, 0.1) is 0 Å². The van der Waals surface area contributed by atoms with Crippen molar-refractivity contribution in [2.24, 2.45) is 10.8 Å². The summed E-state index contributed by atoms with van der Waals surface area (Å²) in [5.41, 5.74) is 8.50. The quantitative estimate of drug-likeness (QED) is 0.568. The zero-order chi connectivity index (χ0) is 10.6. The number of nitrogens with one attached hydrogen (secondary N) is 1. The van der Waals surface area contributed by atoms with Crippen molar-refractivity contribution in [1.82, 2.24) is 5.43 Å². The lowest BCUT2D eigenvalue weighted by Gasteiger charge is -2.00. The number of benzene rings is 1. The second kappa shape index (κ2) is 4.62. The van der Waals surface area contributed by atoms with Crippen LogP contribution in [0.5, 0.6) is 0 Å². The highest BCUT2D eigenvalue weighted by Crippen LogP contribution is 2.11. The summed E-state index contributed by atoms with van der Waals surface area (Å²) < 4.78 is 0. The van der Waals surface area contributed by atoms with E-state index in [2.05, 4.69) is 10.5 Å². The van der Waals surface area contributed by atoms with Crippen LogP contribution in [0.4, 0.5) is 4.79 Å². The van der Waals surface area contributed by atoms with Crippen LogP contribution in [0.15, 0.2) is 29.4 Å². The average molecular weight is 212 g/mol. The highest BCUT2D eigenvalue weighted by molar-refractivity contribution is 6.31. The minimum Gasteiger partial charge on any atom is -0.350 e. The summed E-state index contributed by atoms with van der Waals surface area (Å²) in [4.78, 5) is 10.4. The average Bonchev–Trinajstić information content (AvgIpc) is 2.14. The molecule has 0 radical (unpaired) electrons. The van der Waals surface area contributed by atoms with E-state index in [-0.39, 0.29) is 0 Å². The van der Waals surface area contributed by atoms with Gasteiger partial charge in [-0.05, 0) is 24.6 Å². The second-order valence-electron chi connectivity index (χ2n) is 2.68. The standard InChI is InChI=1S/C9H10ClN3O/c1-6(12-13-9(11)14)7-3-2-4-8(10)5-7/h2-5H,1H3,(H3,11,13,14). The predicted octanol–water partition coefficient (Wildman–Crippen LogP) is 1.73. The number of halogens is 1. The molecule has 3 N–H and O–H groups in total. The number of hydrazone groups is 1. The van der Waals surface area contributed by atoms with Gasteiger partial charge in [0, 0.05) is 5.02 Å². The van der Waals surface area contributed by atoms with E-state index < -0.39 is 6.03 Å². The van der Waals surface area contributed by atoms with E-state index in [1.54, 1.807) is 25.1 Å². The molecule has 14 heavy (non-hydrogen) atoms. The maximum Gasteiger partial charge on any atom is 0.332 e. The summed E-state index contributed by atoms with van der Waals surface area (Å²) in [5.74, 6) is 0. The van der Waals surface area contributed by atoms with Gasteiger partial charge in [0.2, 0.25) is 0 Å². The largest absolute Gasteiger partial charge is 0.350 e. The molecule has 0 heterocycles. The summed E-state index contributed by atoms with van der Waals surface area (Å²) in [5, 5.41) is 4.39. The normalized spacial score (nSPS) is 11.1. The van der Waals surface area contributed by atoms with E-state index in [1.165, 1.54) is 0 Å². The predicted molar refractivity (Wildman–Crippen MR) is 56.4 cm³/mol. The third kappa shape index (κ3) is 3.06. The van der Waals surface area contributed by atoms with Crippen molar-refractivity contribution in [3.8, 4) is 0 Å². The fraction of sp³-hybridized carbons (Fsp3) is 0.111. The van der Waals surface area contributed by atoms with Gasteiger partial charge in [-0.2, -0.15) is 5.10 Å². The molecule has 0 saturated carbocycles. The molecule has 0 fully saturated rings. The smallest absolute Gasteiger partial charge is 0.332 e. The summed E-state index contributed by atoms with van der Waals surface area (Å²) >= 11 is 5.78. The monoisotopic (exact) mass is 211 g/mol. The number of carbonyl (C=O) groups is 1. The van der Waals surface area contributed by atoms with Gasteiger partial charge in [-0.1, -0.05) is 23.7 Å². The Morgan fingerprint density at radius 3 is 2.86 bits per heavy atom. The Morgan fingerprint density at radius 2 is 2.29 bits per heavy atom. The van der Waals surface area contributed by atoms with Crippen molar-refractivity contribution in [2.45, 2.75) is 6.92 Å². The van der Waals surface area contributed by atoms with E-state index in [4.69, 9.17) is 17.3 Å². The molecule has 0 aliphatic rings. The molecule has 0 saturated heterocycles. The number of amides is 2. The molecule has 0 unspecified atom stereocenters. The van der Waals surface area contributed by atoms with Crippen LogP contribution in [0.2, 0.25) is 5.02 Å².